The number of carbonyl (C=O) groups is 4. The molecule has 37 heavy (non-hydrogen) atoms. The summed E-state index contributed by atoms with van der Waals surface area (Å²) in [7, 11) is 0. The summed E-state index contributed by atoms with van der Waals surface area (Å²) in [6.07, 6.45) is 3.06. The zero-order valence-corrected chi connectivity index (χ0v) is 20.7. The van der Waals surface area contributed by atoms with Gasteiger partial charge in [-0.05, 0) is 30.0 Å². The van der Waals surface area contributed by atoms with Crippen LogP contribution in [0.4, 0.5) is 0 Å². The Morgan fingerprint density at radius 2 is 1.54 bits per heavy atom. The highest BCUT2D eigenvalue weighted by atomic mass is 16.4. The van der Waals surface area contributed by atoms with E-state index >= 15 is 0 Å². The van der Waals surface area contributed by atoms with Crippen molar-refractivity contribution in [2.45, 2.75) is 57.3 Å². The third-order valence-corrected chi connectivity index (χ3v) is 5.48. The van der Waals surface area contributed by atoms with Crippen LogP contribution in [0.1, 0.15) is 31.5 Å². The average Bonchev–Trinajstić information content (AvgIpc) is 3.35. The minimum absolute atomic E-state index is 0.00357. The molecule has 13 heteroatoms. The summed E-state index contributed by atoms with van der Waals surface area (Å²) in [5, 5.41) is 36.0. The number of nitrogens with zero attached hydrogens (tertiary/aromatic N) is 1. The number of aliphatic carboxylic acids is 1. The minimum atomic E-state index is -1.49. The first-order valence-corrected chi connectivity index (χ1v) is 11.8. The Labute approximate surface area is 213 Å². The molecule has 2 rings (SSSR count). The van der Waals surface area contributed by atoms with Gasteiger partial charge in [0.2, 0.25) is 17.7 Å². The molecule has 13 nitrogen and oxygen atoms in total. The first kappa shape index (κ1) is 29.3. The molecule has 9 N–H and O–H groups in total. The molecule has 0 radical (unpaired) electrons. The molecule has 2 aromatic rings. The van der Waals surface area contributed by atoms with Crippen LogP contribution in [0.2, 0.25) is 0 Å². The molecule has 4 atom stereocenters. The summed E-state index contributed by atoms with van der Waals surface area (Å²) in [6, 6.07) is 1.11. The van der Waals surface area contributed by atoms with Gasteiger partial charge in [-0.3, -0.25) is 14.4 Å². The second kappa shape index (κ2) is 13.9. The molecule has 4 unspecified atom stereocenters. The number of carboxylic acids is 1. The van der Waals surface area contributed by atoms with Crippen molar-refractivity contribution in [1.82, 2.24) is 25.9 Å². The largest absolute Gasteiger partial charge is 0.508 e. The lowest BCUT2D eigenvalue weighted by molar-refractivity contribution is -0.142. The third-order valence-electron chi connectivity index (χ3n) is 5.48. The molecule has 1 aromatic carbocycles. The number of hydrogen-bond donors (Lipinski definition) is 8. The number of aromatic nitrogens is 2. The number of hydrogen-bond acceptors (Lipinski definition) is 8. The predicted octanol–water partition coefficient (Wildman–Crippen LogP) is -1.19. The topological polar surface area (TPSA) is 220 Å². The van der Waals surface area contributed by atoms with Gasteiger partial charge in [-0.15, -0.1) is 0 Å². The van der Waals surface area contributed by atoms with Gasteiger partial charge in [0.1, 0.15) is 23.9 Å². The average molecular weight is 519 g/mol. The van der Waals surface area contributed by atoms with Gasteiger partial charge in [-0.1, -0.05) is 26.0 Å². The Morgan fingerprint density at radius 3 is 2.08 bits per heavy atom. The third kappa shape index (κ3) is 9.54. The smallest absolute Gasteiger partial charge is 0.326 e. The van der Waals surface area contributed by atoms with Crippen molar-refractivity contribution >= 4 is 23.7 Å². The van der Waals surface area contributed by atoms with Crippen molar-refractivity contribution in [2.75, 3.05) is 6.61 Å². The number of aliphatic hydroxyl groups is 1. The molecular weight excluding hydrogens is 484 g/mol. The highest BCUT2D eigenvalue weighted by Crippen LogP contribution is 2.12. The summed E-state index contributed by atoms with van der Waals surface area (Å²) in [4.78, 5) is 56.6. The van der Waals surface area contributed by atoms with E-state index in [4.69, 9.17) is 5.73 Å². The molecule has 0 aliphatic carbocycles. The number of imidazole rings is 1. The van der Waals surface area contributed by atoms with Gasteiger partial charge in [0.25, 0.3) is 0 Å². The first-order chi connectivity index (χ1) is 17.5. The highest BCUT2D eigenvalue weighted by Gasteiger charge is 2.30. The number of rotatable bonds is 14. The van der Waals surface area contributed by atoms with Crippen molar-refractivity contribution in [3.63, 3.8) is 0 Å². The van der Waals surface area contributed by atoms with Crippen LogP contribution in [0.3, 0.4) is 0 Å². The Kier molecular flexibility index (Phi) is 11.0. The van der Waals surface area contributed by atoms with Gasteiger partial charge in [0, 0.05) is 24.7 Å². The number of benzene rings is 1. The van der Waals surface area contributed by atoms with Crippen LogP contribution in [0.25, 0.3) is 0 Å². The second-order valence-corrected chi connectivity index (χ2v) is 9.09. The Bertz CT molecular complexity index is 1040. The fourth-order valence-corrected chi connectivity index (χ4v) is 3.53. The minimum Gasteiger partial charge on any atom is -0.508 e. The summed E-state index contributed by atoms with van der Waals surface area (Å²) >= 11 is 0. The summed E-state index contributed by atoms with van der Waals surface area (Å²) in [5.74, 6) is -3.43. The highest BCUT2D eigenvalue weighted by molar-refractivity contribution is 5.94. The first-order valence-electron chi connectivity index (χ1n) is 11.8. The number of carboxylic acid groups (broad SMARTS) is 1. The molecule has 1 aromatic heterocycles. The number of carbonyl (C=O) groups excluding carboxylic acids is 3. The molecule has 0 aliphatic rings. The van der Waals surface area contributed by atoms with Crippen LogP contribution in [0, 0.1) is 5.92 Å². The molecule has 0 saturated heterocycles. The number of aromatic hydroxyl groups is 1. The van der Waals surface area contributed by atoms with E-state index in [1.54, 1.807) is 12.1 Å². The number of nitrogens with one attached hydrogen (secondary N) is 4. The molecular formula is C24H34N6O7. The monoisotopic (exact) mass is 518 g/mol. The van der Waals surface area contributed by atoms with Crippen LogP contribution in [0.5, 0.6) is 5.75 Å². The van der Waals surface area contributed by atoms with Gasteiger partial charge >= 0.3 is 5.97 Å². The van der Waals surface area contributed by atoms with Crippen LogP contribution in [0.15, 0.2) is 36.8 Å². The molecule has 0 fully saturated rings. The van der Waals surface area contributed by atoms with Crippen molar-refractivity contribution in [2.24, 2.45) is 11.7 Å². The molecule has 0 bridgehead atoms. The quantitative estimate of drug-likeness (QED) is 0.150. The van der Waals surface area contributed by atoms with Crippen molar-refractivity contribution in [1.29, 1.82) is 0 Å². The number of aliphatic hydroxyl groups excluding tert-OH is 1. The van der Waals surface area contributed by atoms with Crippen LogP contribution in [-0.2, 0) is 32.0 Å². The maximum Gasteiger partial charge on any atom is 0.326 e. The number of H-pyrrole nitrogens is 1. The fraction of sp³-hybridized carbons (Fsp3) is 0.458. The second-order valence-electron chi connectivity index (χ2n) is 9.09. The molecule has 0 aliphatic heterocycles. The van der Waals surface area contributed by atoms with Crippen molar-refractivity contribution < 1.29 is 34.5 Å². The van der Waals surface area contributed by atoms with Gasteiger partial charge in [-0.25, -0.2) is 9.78 Å². The van der Waals surface area contributed by atoms with Gasteiger partial charge in [0.15, 0.2) is 0 Å². The molecule has 1 heterocycles. The maximum absolute atomic E-state index is 13.1. The fourth-order valence-electron chi connectivity index (χ4n) is 3.53. The van der Waals surface area contributed by atoms with Gasteiger partial charge in [0.05, 0.1) is 19.0 Å². The lowest BCUT2D eigenvalue weighted by Gasteiger charge is -2.24. The molecule has 3 amide bonds. The SMILES string of the molecule is CC(C)CC(N)C(=O)NC(Cc1ccc(O)cc1)C(=O)NC(CO)C(=O)NC(Cc1cnc[nH]1)C(=O)O. The van der Waals surface area contributed by atoms with Crippen LogP contribution < -0.4 is 21.7 Å². The number of phenols is 1. The Morgan fingerprint density at radius 1 is 0.946 bits per heavy atom. The lowest BCUT2D eigenvalue weighted by atomic mass is 10.0. The molecule has 0 spiro atoms. The lowest BCUT2D eigenvalue weighted by Crippen LogP contribution is -2.58. The zero-order chi connectivity index (χ0) is 27.5. The van der Waals surface area contributed by atoms with E-state index in [1.807, 2.05) is 13.8 Å². The normalized spacial score (nSPS) is 14.3. The maximum atomic E-state index is 13.1. The summed E-state index contributed by atoms with van der Waals surface area (Å²) in [5.41, 5.74) is 7.02. The van der Waals surface area contributed by atoms with E-state index in [1.165, 1.54) is 24.7 Å². The van der Waals surface area contributed by atoms with E-state index in [9.17, 15) is 34.5 Å². The van der Waals surface area contributed by atoms with Gasteiger partial charge < -0.3 is 42.0 Å². The van der Waals surface area contributed by atoms with Crippen molar-refractivity contribution in [3.8, 4) is 5.75 Å². The number of amides is 3. The van der Waals surface area contributed by atoms with Crippen LogP contribution >= 0.6 is 0 Å². The number of aromatic amines is 1. The summed E-state index contributed by atoms with van der Waals surface area (Å²) < 4.78 is 0. The van der Waals surface area contributed by atoms with Gasteiger partial charge in [-0.2, -0.15) is 0 Å². The Hall–Kier alpha value is -3.97. The van der Waals surface area contributed by atoms with Crippen LogP contribution in [-0.4, -0.2) is 79.8 Å². The predicted molar refractivity (Wildman–Crippen MR) is 132 cm³/mol. The van der Waals surface area contributed by atoms with E-state index in [0.717, 1.165) is 0 Å². The molecule has 0 saturated carbocycles. The zero-order valence-electron chi connectivity index (χ0n) is 20.7. The summed E-state index contributed by atoms with van der Waals surface area (Å²) in [6.45, 7) is 2.98. The van der Waals surface area contributed by atoms with E-state index in [-0.39, 0.29) is 24.5 Å². The van der Waals surface area contributed by atoms with Crippen molar-refractivity contribution in [3.05, 3.63) is 48.0 Å². The standard InChI is InChI=1S/C24H34N6O7/c1-13(2)7-17(25)21(33)28-18(8-14-3-5-16(32)6-4-14)22(34)30-20(11-31)23(35)29-19(24(36)37)9-15-10-26-12-27-15/h3-6,10,12-13,17-20,31-32H,7-9,11,25H2,1-2H3,(H,26,27)(H,28,33)(H,29,35)(H,30,34)(H,36,37). The van der Waals surface area contributed by atoms with E-state index in [2.05, 4.69) is 25.9 Å². The van der Waals surface area contributed by atoms with E-state index < -0.39 is 54.5 Å². The number of nitrogens with two attached hydrogens (primary N) is 1. The molecule has 202 valence electrons. The van der Waals surface area contributed by atoms with E-state index in [0.29, 0.717) is 17.7 Å². The Balaban J connectivity index is 2.14. The number of phenolic OH excluding ortho intramolecular Hbond substituents is 1.